The zero-order valence-corrected chi connectivity index (χ0v) is 22.6. The van der Waals surface area contributed by atoms with Crippen molar-refractivity contribution in [3.63, 3.8) is 0 Å². The molecule has 0 bridgehead atoms. The van der Waals surface area contributed by atoms with Gasteiger partial charge in [0.05, 0.1) is 19.3 Å². The van der Waals surface area contributed by atoms with Crippen LogP contribution in [0.2, 0.25) is 0 Å². The maximum Gasteiger partial charge on any atom is 0.331 e. The van der Waals surface area contributed by atoms with Gasteiger partial charge in [-0.25, -0.2) is 4.79 Å². The second kappa shape index (κ2) is 14.3. The molecule has 0 amide bonds. The first-order chi connectivity index (χ1) is 20.5. The Labute approximate surface area is 245 Å². The van der Waals surface area contributed by atoms with Gasteiger partial charge < -0.3 is 69.6 Å². The molecule has 2 fully saturated rings. The van der Waals surface area contributed by atoms with E-state index in [0.717, 1.165) is 6.08 Å². The standard InChI is InChI=1S/C28H34O15/c29-12-20-25(41-21(35)6-3-13-1-4-15(30)17(32)9-13)24(37)26(42-22-11-19(34)23(36)27(38)43-22)28(40-20)39-8-7-14-2-5-16(31)18(33)10-14/h1-6,9-10,19-20,22-34,36-38H,7-8,11-12H2. The topological polar surface area (TPSA) is 245 Å². The number of aromatic hydroxyl groups is 4. The molecule has 2 aliphatic rings. The Bertz CT molecular complexity index is 1260. The van der Waals surface area contributed by atoms with Crippen molar-refractivity contribution in [2.75, 3.05) is 13.2 Å². The van der Waals surface area contributed by atoms with Crippen molar-refractivity contribution in [1.82, 2.24) is 0 Å². The summed E-state index contributed by atoms with van der Waals surface area (Å²) in [7, 11) is 0. The first-order valence-corrected chi connectivity index (χ1v) is 13.3. The Kier molecular flexibility index (Phi) is 10.8. The number of aliphatic hydroxyl groups excluding tert-OH is 5. The van der Waals surface area contributed by atoms with Crippen molar-refractivity contribution in [2.24, 2.45) is 0 Å². The average Bonchev–Trinajstić information content (AvgIpc) is 2.97. The summed E-state index contributed by atoms with van der Waals surface area (Å²) in [6.07, 6.45) is -11.4. The Morgan fingerprint density at radius 1 is 0.884 bits per heavy atom. The van der Waals surface area contributed by atoms with Gasteiger partial charge in [-0.15, -0.1) is 0 Å². The van der Waals surface area contributed by atoms with Crippen LogP contribution < -0.4 is 0 Å². The van der Waals surface area contributed by atoms with E-state index in [1.54, 1.807) is 6.07 Å². The van der Waals surface area contributed by atoms with Crippen LogP contribution in [0.25, 0.3) is 6.08 Å². The molecule has 0 aliphatic carbocycles. The van der Waals surface area contributed by atoms with Gasteiger partial charge in [0.1, 0.15) is 24.4 Å². The molecule has 2 heterocycles. The molecule has 0 radical (unpaired) electrons. The Morgan fingerprint density at radius 3 is 2.23 bits per heavy atom. The minimum atomic E-state index is -1.81. The molecule has 15 nitrogen and oxygen atoms in total. The van der Waals surface area contributed by atoms with Gasteiger partial charge in [0.15, 0.2) is 48.0 Å². The molecule has 0 spiro atoms. The van der Waals surface area contributed by atoms with Gasteiger partial charge in [0, 0.05) is 12.5 Å². The number of carbonyl (C=O) groups is 1. The van der Waals surface area contributed by atoms with Crippen LogP contribution in [0.4, 0.5) is 0 Å². The van der Waals surface area contributed by atoms with Crippen molar-refractivity contribution < 1.29 is 74.4 Å². The van der Waals surface area contributed by atoms with E-state index < -0.39 is 73.8 Å². The number of hydrogen-bond acceptors (Lipinski definition) is 15. The van der Waals surface area contributed by atoms with Gasteiger partial charge in [0.25, 0.3) is 0 Å². The van der Waals surface area contributed by atoms with E-state index in [1.165, 1.54) is 36.4 Å². The van der Waals surface area contributed by atoms with Gasteiger partial charge in [-0.2, -0.15) is 0 Å². The van der Waals surface area contributed by atoms with Gasteiger partial charge in [0.2, 0.25) is 0 Å². The lowest BCUT2D eigenvalue weighted by Crippen LogP contribution is -2.62. The average molecular weight is 611 g/mol. The van der Waals surface area contributed by atoms with E-state index in [4.69, 9.17) is 23.7 Å². The fraction of sp³-hybridized carbons (Fsp3) is 0.464. The van der Waals surface area contributed by atoms with Crippen LogP contribution in [-0.2, 0) is 34.9 Å². The number of carbonyl (C=O) groups excluding carboxylic acids is 1. The Hall–Kier alpha value is -3.51. The van der Waals surface area contributed by atoms with Crippen molar-refractivity contribution in [2.45, 2.75) is 68.3 Å². The summed E-state index contributed by atoms with van der Waals surface area (Å²) in [6.45, 7) is -0.783. The van der Waals surface area contributed by atoms with Crippen LogP contribution in [0.5, 0.6) is 23.0 Å². The number of phenolic OH excluding ortho intramolecular Hbond substituents is 4. The number of hydrogen-bond donors (Lipinski definition) is 9. The van der Waals surface area contributed by atoms with Crippen LogP contribution in [0.3, 0.4) is 0 Å². The predicted octanol–water partition coefficient (Wildman–Crippen LogP) is -1.06. The molecular formula is C28H34O15. The summed E-state index contributed by atoms with van der Waals surface area (Å²) in [6, 6.07) is 8.00. The second-order valence-corrected chi connectivity index (χ2v) is 9.99. The van der Waals surface area contributed by atoms with Gasteiger partial charge in [-0.05, 0) is 47.9 Å². The normalized spacial score (nSPS) is 31.2. The van der Waals surface area contributed by atoms with Crippen LogP contribution in [0.1, 0.15) is 17.5 Å². The molecule has 2 saturated heterocycles. The molecule has 9 unspecified atom stereocenters. The summed E-state index contributed by atoms with van der Waals surface area (Å²) >= 11 is 0. The van der Waals surface area contributed by atoms with Crippen molar-refractivity contribution in [3.8, 4) is 23.0 Å². The monoisotopic (exact) mass is 610 g/mol. The summed E-state index contributed by atoms with van der Waals surface area (Å²) in [4.78, 5) is 12.6. The van der Waals surface area contributed by atoms with E-state index in [0.29, 0.717) is 11.1 Å². The molecule has 15 heteroatoms. The van der Waals surface area contributed by atoms with Crippen LogP contribution >= 0.6 is 0 Å². The molecule has 2 aromatic carbocycles. The highest BCUT2D eigenvalue weighted by Gasteiger charge is 2.50. The number of aliphatic hydroxyl groups is 5. The van der Waals surface area contributed by atoms with Gasteiger partial charge >= 0.3 is 5.97 Å². The lowest BCUT2D eigenvalue weighted by molar-refractivity contribution is -0.365. The lowest BCUT2D eigenvalue weighted by atomic mass is 9.98. The summed E-state index contributed by atoms with van der Waals surface area (Å²) in [5, 5.41) is 89.3. The number of esters is 1. The van der Waals surface area contributed by atoms with Crippen LogP contribution in [0.15, 0.2) is 42.5 Å². The van der Waals surface area contributed by atoms with Gasteiger partial charge in [-0.3, -0.25) is 0 Å². The zero-order valence-electron chi connectivity index (χ0n) is 22.6. The predicted molar refractivity (Wildman–Crippen MR) is 142 cm³/mol. The third-order valence-electron chi connectivity index (χ3n) is 6.89. The van der Waals surface area contributed by atoms with Crippen molar-refractivity contribution in [1.29, 1.82) is 0 Å². The molecule has 9 atom stereocenters. The van der Waals surface area contributed by atoms with E-state index in [-0.39, 0.29) is 36.7 Å². The molecule has 0 saturated carbocycles. The molecule has 4 rings (SSSR count). The smallest absolute Gasteiger partial charge is 0.331 e. The Morgan fingerprint density at radius 2 is 1.58 bits per heavy atom. The minimum Gasteiger partial charge on any atom is -0.504 e. The molecule has 43 heavy (non-hydrogen) atoms. The van der Waals surface area contributed by atoms with E-state index in [2.05, 4.69) is 0 Å². The van der Waals surface area contributed by atoms with Crippen LogP contribution in [-0.4, -0.2) is 121 Å². The number of ether oxygens (including phenoxy) is 5. The third-order valence-corrected chi connectivity index (χ3v) is 6.89. The third kappa shape index (κ3) is 8.11. The first kappa shape index (κ1) is 32.4. The highest BCUT2D eigenvalue weighted by atomic mass is 16.8. The molecule has 9 N–H and O–H groups in total. The summed E-state index contributed by atoms with van der Waals surface area (Å²) in [5.41, 5.74) is 0.927. The van der Waals surface area contributed by atoms with Crippen LogP contribution in [0, 0.1) is 0 Å². The van der Waals surface area contributed by atoms with E-state index in [9.17, 15) is 50.8 Å². The first-order valence-electron chi connectivity index (χ1n) is 13.3. The molecule has 236 valence electrons. The second-order valence-electron chi connectivity index (χ2n) is 9.99. The maximum atomic E-state index is 12.6. The number of phenols is 4. The van der Waals surface area contributed by atoms with E-state index in [1.807, 2.05) is 0 Å². The van der Waals surface area contributed by atoms with Gasteiger partial charge in [-0.1, -0.05) is 12.1 Å². The van der Waals surface area contributed by atoms with E-state index >= 15 is 0 Å². The Balaban J connectivity index is 1.48. The summed E-state index contributed by atoms with van der Waals surface area (Å²) in [5.74, 6) is -2.37. The fourth-order valence-corrected chi connectivity index (χ4v) is 4.55. The lowest BCUT2D eigenvalue weighted by Gasteiger charge is -2.45. The molecular weight excluding hydrogens is 576 g/mol. The highest BCUT2D eigenvalue weighted by molar-refractivity contribution is 5.87. The SMILES string of the molecule is O=C(C=Cc1ccc(O)c(O)c1)OC1C(CO)OC(OCCc2ccc(O)c(O)c2)C(OC2CC(O)C(O)C(O)O2)C1O. The maximum absolute atomic E-state index is 12.6. The molecule has 2 aliphatic heterocycles. The summed E-state index contributed by atoms with van der Waals surface area (Å²) < 4.78 is 27.9. The van der Waals surface area contributed by atoms with Crippen molar-refractivity contribution in [3.05, 3.63) is 53.6 Å². The largest absolute Gasteiger partial charge is 0.504 e. The quantitative estimate of drug-likeness (QED) is 0.0884. The highest BCUT2D eigenvalue weighted by Crippen LogP contribution is 2.31. The number of benzene rings is 2. The zero-order chi connectivity index (χ0) is 31.3. The minimum absolute atomic E-state index is 0.0677. The number of rotatable bonds is 10. The fourth-order valence-electron chi connectivity index (χ4n) is 4.55. The molecule has 2 aromatic rings. The molecule has 0 aromatic heterocycles. The van der Waals surface area contributed by atoms with Crippen molar-refractivity contribution >= 4 is 12.0 Å².